The second kappa shape index (κ2) is 6.57. The number of hydrogen-bond donors (Lipinski definition) is 2. The number of carboxylic acids is 1. The van der Waals surface area contributed by atoms with Crippen molar-refractivity contribution in [2.45, 2.75) is 18.7 Å². The Morgan fingerprint density at radius 2 is 2.09 bits per heavy atom. The lowest BCUT2D eigenvalue weighted by Crippen LogP contribution is -2.47. The highest BCUT2D eigenvalue weighted by Gasteiger charge is 2.37. The van der Waals surface area contributed by atoms with Gasteiger partial charge in [0.1, 0.15) is 10.4 Å². The fourth-order valence-electron chi connectivity index (χ4n) is 2.00. The van der Waals surface area contributed by atoms with Crippen LogP contribution in [-0.4, -0.2) is 41.9 Å². The van der Waals surface area contributed by atoms with Crippen molar-refractivity contribution in [2.24, 2.45) is 0 Å². The van der Waals surface area contributed by atoms with Crippen molar-refractivity contribution in [3.63, 3.8) is 0 Å². The molecule has 2 aromatic rings. The average molecular weight is 349 g/mol. The van der Waals surface area contributed by atoms with Crippen molar-refractivity contribution < 1.29 is 37.7 Å². The number of rotatable bonds is 5. The maximum Gasteiger partial charge on any atom is 0.331 e. The number of benzene rings is 1. The van der Waals surface area contributed by atoms with E-state index in [1.165, 1.54) is 18.4 Å². The van der Waals surface area contributed by atoms with E-state index in [1.807, 2.05) is 6.07 Å². The van der Waals surface area contributed by atoms with Crippen LogP contribution in [-0.2, 0) is 21.5 Å². The van der Waals surface area contributed by atoms with Crippen LogP contribution in [0.1, 0.15) is 5.01 Å². The van der Waals surface area contributed by atoms with E-state index in [1.54, 1.807) is 23.6 Å². The normalized spacial score (nSPS) is 12.7. The summed E-state index contributed by atoms with van der Waals surface area (Å²) in [4.78, 5) is 11.1. The summed E-state index contributed by atoms with van der Waals surface area (Å²) in [5.74, 6) is -1.01. The predicted octanol–water partition coefficient (Wildman–Crippen LogP) is 0.670. The van der Waals surface area contributed by atoms with E-state index in [0.29, 0.717) is 11.3 Å². The Kier molecular flexibility index (Phi) is 5.46. The number of carbonyl (C=O) groups is 1. The van der Waals surface area contributed by atoms with Gasteiger partial charge in [0, 0.05) is 6.92 Å². The monoisotopic (exact) mass is 349 g/mol. The zero-order valence-corrected chi connectivity index (χ0v) is 13.4. The summed E-state index contributed by atoms with van der Waals surface area (Å²) in [6.45, 7) is 1.38. The molecule has 1 unspecified atom stereocenters. The van der Waals surface area contributed by atoms with Gasteiger partial charge in [-0.1, -0.05) is 11.3 Å². The van der Waals surface area contributed by atoms with Crippen molar-refractivity contribution in [3.8, 4) is 5.75 Å². The highest BCUT2D eigenvalue weighted by molar-refractivity contribution is 7.87. The minimum atomic E-state index is -4.69. The molecule has 0 spiro atoms. The maximum atomic E-state index is 11.2. The van der Waals surface area contributed by atoms with Gasteiger partial charge in [-0.05, 0) is 12.1 Å². The lowest BCUT2D eigenvalue weighted by atomic mass is 10.3. The fourth-order valence-corrected chi connectivity index (χ4v) is 3.60. The van der Waals surface area contributed by atoms with Gasteiger partial charge >= 0.3 is 5.97 Å². The van der Waals surface area contributed by atoms with Crippen LogP contribution in [0.15, 0.2) is 18.2 Å². The van der Waals surface area contributed by atoms with Crippen LogP contribution >= 0.6 is 11.3 Å². The van der Waals surface area contributed by atoms with Crippen LogP contribution in [0.5, 0.6) is 5.75 Å². The highest BCUT2D eigenvalue weighted by Crippen LogP contribution is 2.24. The summed E-state index contributed by atoms with van der Waals surface area (Å²) in [6, 6.07) is 5.27. The Labute approximate surface area is 130 Å². The van der Waals surface area contributed by atoms with Crippen LogP contribution in [0, 0.1) is 6.92 Å². The van der Waals surface area contributed by atoms with Crippen LogP contribution in [0.25, 0.3) is 10.2 Å². The number of aryl methyl sites for hydroxylation is 1. The molecule has 2 rings (SSSR count). The van der Waals surface area contributed by atoms with Crippen LogP contribution in [0.2, 0.25) is 0 Å². The Hall–Kier alpha value is -1.75. The van der Waals surface area contributed by atoms with Gasteiger partial charge in [0.15, 0.2) is 6.54 Å². The molecular formula is C12H15NO7S2. The average Bonchev–Trinajstić information content (AvgIpc) is 2.68. The summed E-state index contributed by atoms with van der Waals surface area (Å²) >= 11 is 1.40. The van der Waals surface area contributed by atoms with Gasteiger partial charge in [-0.25, -0.2) is 0 Å². The summed E-state index contributed by atoms with van der Waals surface area (Å²) in [6.07, 6.45) is 0. The number of ether oxygens (including phenoxy) is 1. The van der Waals surface area contributed by atoms with Crippen LogP contribution in [0.4, 0.5) is 0 Å². The van der Waals surface area contributed by atoms with Crippen molar-refractivity contribution >= 4 is 37.6 Å². The van der Waals surface area contributed by atoms with E-state index in [4.69, 9.17) is 14.4 Å². The molecule has 0 saturated heterocycles. The molecule has 0 saturated carbocycles. The molecule has 0 aliphatic heterocycles. The van der Waals surface area contributed by atoms with Crippen molar-refractivity contribution in [1.29, 1.82) is 0 Å². The zero-order chi connectivity index (χ0) is 15.8. The molecule has 22 heavy (non-hydrogen) atoms. The number of thiazole rings is 1. The SMILES string of the molecule is COc1ccc2sc(C)[n+](CC(C(=O)O)S(=O)(=O)O)c2c1.[OH-]. The fraction of sp³-hybridized carbons (Fsp3) is 0.333. The zero-order valence-electron chi connectivity index (χ0n) is 11.8. The van der Waals surface area contributed by atoms with E-state index in [2.05, 4.69) is 0 Å². The Morgan fingerprint density at radius 1 is 1.45 bits per heavy atom. The van der Waals surface area contributed by atoms with Gasteiger partial charge in [0.25, 0.3) is 10.1 Å². The molecule has 1 atom stereocenters. The number of methoxy groups -OCH3 is 1. The first kappa shape index (κ1) is 18.3. The van der Waals surface area contributed by atoms with Crippen LogP contribution in [0.3, 0.4) is 0 Å². The van der Waals surface area contributed by atoms with E-state index in [9.17, 15) is 13.2 Å². The molecule has 0 aliphatic rings. The standard InChI is InChI=1S/C12H13NO6S2.H2O/c1-7-13(6-11(12(14)15)21(16,17)18)9-5-8(19-2)3-4-10(9)20-7;/h3-5,11H,6H2,1-2H3,(H-,14,15,16,17,18);1H2. The molecule has 1 aromatic heterocycles. The van der Waals surface area contributed by atoms with E-state index < -0.39 is 21.3 Å². The molecule has 122 valence electrons. The number of carboxylic acid groups (broad SMARTS) is 1. The lowest BCUT2D eigenvalue weighted by Gasteiger charge is -2.06. The minimum Gasteiger partial charge on any atom is -0.870 e. The molecule has 0 radical (unpaired) electrons. The largest absolute Gasteiger partial charge is 0.870 e. The van der Waals surface area contributed by atoms with Crippen molar-refractivity contribution in [3.05, 3.63) is 23.2 Å². The molecule has 0 aliphatic carbocycles. The predicted molar refractivity (Wildman–Crippen MR) is 78.2 cm³/mol. The Balaban J connectivity index is 0.00000242. The number of aromatic nitrogens is 1. The quantitative estimate of drug-likeness (QED) is 0.598. The first-order chi connectivity index (χ1) is 9.74. The van der Waals surface area contributed by atoms with Gasteiger partial charge in [0.2, 0.25) is 15.8 Å². The number of aliphatic carboxylic acids is 1. The third-order valence-corrected chi connectivity index (χ3v) is 5.23. The third kappa shape index (κ3) is 3.53. The molecule has 0 bridgehead atoms. The van der Waals surface area contributed by atoms with Gasteiger partial charge in [0.05, 0.1) is 13.2 Å². The van der Waals surface area contributed by atoms with Crippen molar-refractivity contribution in [2.75, 3.05) is 7.11 Å². The van der Waals surface area contributed by atoms with E-state index in [0.717, 1.165) is 9.71 Å². The van der Waals surface area contributed by atoms with Crippen LogP contribution < -0.4 is 9.30 Å². The third-order valence-electron chi connectivity index (χ3n) is 3.08. The molecular weight excluding hydrogens is 334 g/mol. The first-order valence-corrected chi connectivity index (χ1v) is 8.22. The van der Waals surface area contributed by atoms with Gasteiger partial charge < -0.3 is 15.3 Å². The Morgan fingerprint density at radius 3 is 2.59 bits per heavy atom. The topological polar surface area (TPSA) is 135 Å². The number of fused-ring (bicyclic) bond motifs is 1. The minimum absolute atomic E-state index is 0. The molecule has 0 amide bonds. The molecule has 8 nitrogen and oxygen atoms in total. The Bertz CT molecular complexity index is 797. The first-order valence-electron chi connectivity index (χ1n) is 5.90. The maximum absolute atomic E-state index is 11.2. The molecule has 0 fully saturated rings. The van der Waals surface area contributed by atoms with E-state index >= 15 is 0 Å². The number of hydrogen-bond acceptors (Lipinski definition) is 6. The van der Waals surface area contributed by atoms with E-state index in [-0.39, 0.29) is 12.0 Å². The van der Waals surface area contributed by atoms with Gasteiger partial charge in [-0.3, -0.25) is 9.35 Å². The van der Waals surface area contributed by atoms with Gasteiger partial charge in [-0.15, -0.1) is 0 Å². The van der Waals surface area contributed by atoms with Crippen molar-refractivity contribution in [1.82, 2.24) is 0 Å². The smallest absolute Gasteiger partial charge is 0.331 e. The second-order valence-corrected chi connectivity index (χ2v) is 7.24. The number of nitrogens with zero attached hydrogens (tertiary/aromatic N) is 1. The molecule has 3 N–H and O–H groups in total. The lowest BCUT2D eigenvalue weighted by molar-refractivity contribution is -0.671. The molecule has 1 aromatic carbocycles. The van der Waals surface area contributed by atoms with Gasteiger partial charge in [-0.2, -0.15) is 13.0 Å². The summed E-state index contributed by atoms with van der Waals surface area (Å²) in [7, 11) is -3.19. The molecule has 10 heteroatoms. The second-order valence-electron chi connectivity index (χ2n) is 4.41. The summed E-state index contributed by atoms with van der Waals surface area (Å²) in [5, 5.41) is 7.82. The molecule has 1 heterocycles. The highest BCUT2D eigenvalue weighted by atomic mass is 32.2. The summed E-state index contributed by atoms with van der Waals surface area (Å²) in [5.41, 5.74) is 0.659. The summed E-state index contributed by atoms with van der Waals surface area (Å²) < 4.78 is 39.0.